The molecule has 0 atom stereocenters. The summed E-state index contributed by atoms with van der Waals surface area (Å²) in [4.78, 5) is 11.3. The maximum Gasteiger partial charge on any atom is 0.284 e. The molecule has 13 heteroatoms. The molecule has 3 aromatic rings. The molecule has 0 N–H and O–H groups in total. The summed E-state index contributed by atoms with van der Waals surface area (Å²) in [5, 5.41) is 23.8. The Kier molecular flexibility index (Phi) is 6.91. The predicted molar refractivity (Wildman–Crippen MR) is 120 cm³/mol. The number of para-hydroxylation sites is 2. The van der Waals surface area contributed by atoms with Crippen LogP contribution in [0.4, 0.5) is 5.69 Å². The Morgan fingerprint density at radius 2 is 1.91 bits per heavy atom. The molecular formula is C20H22N6O5S2. The number of benzene rings is 2. The second kappa shape index (κ2) is 9.85. The minimum absolute atomic E-state index is 0.0956. The van der Waals surface area contributed by atoms with E-state index in [2.05, 4.69) is 15.5 Å². The highest BCUT2D eigenvalue weighted by Gasteiger charge is 2.29. The fourth-order valence-electron chi connectivity index (χ4n) is 3.54. The number of ether oxygens (including phenoxy) is 1. The number of hydrogen-bond donors (Lipinski definition) is 0. The Morgan fingerprint density at radius 3 is 2.64 bits per heavy atom. The lowest BCUT2D eigenvalue weighted by Gasteiger charge is -2.25. The van der Waals surface area contributed by atoms with Gasteiger partial charge < -0.3 is 4.74 Å². The van der Waals surface area contributed by atoms with E-state index in [4.69, 9.17) is 4.74 Å². The second-order valence-corrected chi connectivity index (χ2v) is 10.2. The van der Waals surface area contributed by atoms with Crippen LogP contribution in [0.25, 0.3) is 5.69 Å². The standard InChI is InChI=1S/C20H22N6O5S2/c1-2-31-18-9-5-4-8-16(18)25-20(21-22-23-25)32-19-11-10-15(14-17(19)26(27)28)33(29,30)24-12-6-3-7-13-24/h4-5,8-11,14H,2-3,6-7,12-13H2,1H3. The van der Waals surface area contributed by atoms with Crippen LogP contribution in [-0.4, -0.2) is 57.5 Å². The molecule has 2 heterocycles. The molecule has 11 nitrogen and oxygen atoms in total. The number of hydrogen-bond acceptors (Lipinski definition) is 9. The first kappa shape index (κ1) is 23.1. The van der Waals surface area contributed by atoms with Gasteiger partial charge in [0, 0.05) is 19.2 Å². The van der Waals surface area contributed by atoms with Gasteiger partial charge in [0.05, 0.1) is 21.3 Å². The van der Waals surface area contributed by atoms with Gasteiger partial charge in [-0.25, -0.2) is 8.42 Å². The molecule has 1 aliphatic heterocycles. The molecule has 0 radical (unpaired) electrons. The second-order valence-electron chi connectivity index (χ2n) is 7.23. The van der Waals surface area contributed by atoms with Crippen LogP contribution in [0.15, 0.2) is 57.4 Å². The lowest BCUT2D eigenvalue weighted by Crippen LogP contribution is -2.35. The van der Waals surface area contributed by atoms with Gasteiger partial charge in [0.1, 0.15) is 11.4 Å². The van der Waals surface area contributed by atoms with Crippen molar-refractivity contribution < 1.29 is 18.1 Å². The van der Waals surface area contributed by atoms with Crippen LogP contribution in [-0.2, 0) is 10.0 Å². The molecule has 4 rings (SSSR count). The molecule has 0 unspecified atom stereocenters. The highest BCUT2D eigenvalue weighted by molar-refractivity contribution is 7.99. The molecular weight excluding hydrogens is 468 g/mol. The fourth-order valence-corrected chi connectivity index (χ4v) is 5.95. The van der Waals surface area contributed by atoms with Gasteiger partial charge in [-0.1, -0.05) is 18.6 Å². The van der Waals surface area contributed by atoms with Crippen molar-refractivity contribution in [2.45, 2.75) is 41.1 Å². The Bertz CT molecular complexity index is 1260. The molecule has 0 spiro atoms. The largest absolute Gasteiger partial charge is 0.492 e. The van der Waals surface area contributed by atoms with E-state index in [1.54, 1.807) is 18.2 Å². The third kappa shape index (κ3) is 4.84. The summed E-state index contributed by atoms with van der Waals surface area (Å²) in [6.07, 6.45) is 2.53. The summed E-state index contributed by atoms with van der Waals surface area (Å²) >= 11 is 0.974. The van der Waals surface area contributed by atoms with Crippen LogP contribution in [0.2, 0.25) is 0 Å². The van der Waals surface area contributed by atoms with Gasteiger partial charge in [0.15, 0.2) is 0 Å². The third-order valence-corrected chi connectivity index (χ3v) is 8.01. The zero-order valence-corrected chi connectivity index (χ0v) is 19.5. The first-order valence-corrected chi connectivity index (χ1v) is 12.6. The van der Waals surface area contributed by atoms with Crippen molar-refractivity contribution in [2.24, 2.45) is 0 Å². The highest BCUT2D eigenvalue weighted by atomic mass is 32.2. The van der Waals surface area contributed by atoms with Gasteiger partial charge in [-0.3, -0.25) is 10.1 Å². The first-order valence-electron chi connectivity index (χ1n) is 10.4. The number of nitrogens with zero attached hydrogens (tertiary/aromatic N) is 6. The van der Waals surface area contributed by atoms with E-state index in [0.29, 0.717) is 31.1 Å². The topological polar surface area (TPSA) is 133 Å². The number of nitro benzene ring substituents is 1. The number of tetrazole rings is 1. The van der Waals surface area contributed by atoms with Crippen molar-refractivity contribution in [3.63, 3.8) is 0 Å². The van der Waals surface area contributed by atoms with Crippen molar-refractivity contribution in [3.05, 3.63) is 52.6 Å². The average Bonchev–Trinajstić information content (AvgIpc) is 3.28. The van der Waals surface area contributed by atoms with Crippen LogP contribution in [0.3, 0.4) is 0 Å². The highest BCUT2D eigenvalue weighted by Crippen LogP contribution is 2.37. The van der Waals surface area contributed by atoms with E-state index in [0.717, 1.165) is 37.1 Å². The van der Waals surface area contributed by atoms with Gasteiger partial charge in [-0.2, -0.15) is 8.99 Å². The summed E-state index contributed by atoms with van der Waals surface area (Å²) in [6.45, 7) is 3.14. The average molecular weight is 491 g/mol. The van der Waals surface area contributed by atoms with Crippen LogP contribution >= 0.6 is 11.8 Å². The van der Waals surface area contributed by atoms with E-state index >= 15 is 0 Å². The Balaban J connectivity index is 1.68. The molecule has 1 aromatic heterocycles. The maximum atomic E-state index is 13.0. The van der Waals surface area contributed by atoms with E-state index in [-0.39, 0.29) is 20.6 Å². The molecule has 1 saturated heterocycles. The fraction of sp³-hybridized carbons (Fsp3) is 0.350. The zero-order chi connectivity index (χ0) is 23.4. The minimum atomic E-state index is -3.80. The van der Waals surface area contributed by atoms with E-state index in [1.165, 1.54) is 21.1 Å². The van der Waals surface area contributed by atoms with Gasteiger partial charge in [0.25, 0.3) is 5.69 Å². The molecule has 1 aliphatic rings. The lowest BCUT2D eigenvalue weighted by molar-refractivity contribution is -0.388. The number of rotatable bonds is 8. The summed E-state index contributed by atoms with van der Waals surface area (Å²) in [5.41, 5.74) is 0.254. The number of sulfonamides is 1. The monoisotopic (exact) mass is 490 g/mol. The van der Waals surface area contributed by atoms with Crippen molar-refractivity contribution in [1.82, 2.24) is 24.5 Å². The van der Waals surface area contributed by atoms with Gasteiger partial charge in [-0.15, -0.1) is 5.10 Å². The molecule has 0 saturated carbocycles. The number of aromatic nitrogens is 4. The first-order chi connectivity index (χ1) is 15.9. The third-order valence-electron chi connectivity index (χ3n) is 5.12. The molecule has 0 bridgehead atoms. The van der Waals surface area contributed by atoms with E-state index < -0.39 is 14.9 Å². The van der Waals surface area contributed by atoms with Gasteiger partial charge in [0.2, 0.25) is 15.2 Å². The summed E-state index contributed by atoms with van der Waals surface area (Å²) < 4.78 is 34.4. The van der Waals surface area contributed by atoms with Gasteiger partial charge in [-0.05, 0) is 66.2 Å². The Labute approximate surface area is 194 Å². The SMILES string of the molecule is CCOc1ccccc1-n1nnnc1Sc1ccc(S(=O)(=O)N2CCCCC2)cc1[N+](=O)[O-]. The smallest absolute Gasteiger partial charge is 0.284 e. The van der Waals surface area contributed by atoms with Gasteiger partial charge >= 0.3 is 0 Å². The normalized spacial score (nSPS) is 14.8. The molecule has 33 heavy (non-hydrogen) atoms. The molecule has 0 amide bonds. The van der Waals surface area contributed by atoms with Crippen molar-refractivity contribution in [3.8, 4) is 11.4 Å². The van der Waals surface area contributed by atoms with Crippen LogP contribution < -0.4 is 4.74 Å². The van der Waals surface area contributed by atoms with E-state index in [1.807, 2.05) is 13.0 Å². The predicted octanol–water partition coefficient (Wildman–Crippen LogP) is 3.30. The van der Waals surface area contributed by atoms with E-state index in [9.17, 15) is 18.5 Å². The molecule has 2 aromatic carbocycles. The quantitative estimate of drug-likeness (QED) is 0.344. The van der Waals surface area contributed by atoms with Crippen molar-refractivity contribution in [2.75, 3.05) is 19.7 Å². The van der Waals surface area contributed by atoms with Crippen LogP contribution in [0.5, 0.6) is 5.75 Å². The Morgan fingerprint density at radius 1 is 1.15 bits per heavy atom. The van der Waals surface area contributed by atoms with Crippen molar-refractivity contribution in [1.29, 1.82) is 0 Å². The lowest BCUT2D eigenvalue weighted by atomic mass is 10.2. The summed E-state index contributed by atoms with van der Waals surface area (Å²) in [5.74, 6) is 0.562. The summed E-state index contributed by atoms with van der Waals surface area (Å²) in [6, 6.07) is 11.1. The number of piperidine rings is 1. The van der Waals surface area contributed by atoms with Crippen molar-refractivity contribution >= 4 is 27.5 Å². The maximum absolute atomic E-state index is 13.0. The van der Waals surface area contributed by atoms with Crippen LogP contribution in [0, 0.1) is 10.1 Å². The van der Waals surface area contributed by atoms with Crippen LogP contribution in [0.1, 0.15) is 26.2 Å². The Hall–Kier alpha value is -3.03. The molecule has 174 valence electrons. The molecule has 1 fully saturated rings. The minimum Gasteiger partial charge on any atom is -0.492 e. The zero-order valence-electron chi connectivity index (χ0n) is 17.8. The summed E-state index contributed by atoms with van der Waals surface area (Å²) in [7, 11) is -3.80. The molecule has 0 aliphatic carbocycles. The number of nitro groups is 1.